The molecule has 21 heavy (non-hydrogen) atoms. The molecule has 3 heteroatoms. The maximum atomic E-state index is 4.31. The lowest BCUT2D eigenvalue weighted by Gasteiger charge is -2.42. The highest BCUT2D eigenvalue weighted by Crippen LogP contribution is 2.39. The highest BCUT2D eigenvalue weighted by Gasteiger charge is 2.31. The number of pyridine rings is 1. The first-order valence-corrected chi connectivity index (χ1v) is 8.51. The van der Waals surface area contributed by atoms with Gasteiger partial charge in [0.25, 0.3) is 0 Å². The van der Waals surface area contributed by atoms with E-state index >= 15 is 0 Å². The highest BCUT2D eigenvalue weighted by molar-refractivity contribution is 5.52. The summed E-state index contributed by atoms with van der Waals surface area (Å²) in [4.78, 5) is 6.87. The van der Waals surface area contributed by atoms with Crippen LogP contribution in [0.15, 0.2) is 18.5 Å². The Hall–Kier alpha value is -1.09. The summed E-state index contributed by atoms with van der Waals surface area (Å²) >= 11 is 0. The lowest BCUT2D eigenvalue weighted by molar-refractivity contribution is 0.199. The van der Waals surface area contributed by atoms with E-state index in [9.17, 15) is 0 Å². The first-order chi connectivity index (χ1) is 10.1. The van der Waals surface area contributed by atoms with Crippen molar-refractivity contribution in [2.75, 3.05) is 18.0 Å². The molecular formula is C18H31N3. The van der Waals surface area contributed by atoms with Gasteiger partial charge in [0.05, 0.1) is 0 Å². The molecule has 0 spiro atoms. The maximum Gasteiger partial charge on any atom is 0.0442 e. The van der Waals surface area contributed by atoms with Crippen LogP contribution in [0.3, 0.4) is 0 Å². The van der Waals surface area contributed by atoms with Crippen molar-refractivity contribution in [3.63, 3.8) is 0 Å². The Morgan fingerprint density at radius 2 is 1.90 bits per heavy atom. The minimum absolute atomic E-state index is 0.507. The van der Waals surface area contributed by atoms with E-state index < -0.39 is 0 Å². The molecule has 0 bridgehead atoms. The lowest BCUT2D eigenvalue weighted by atomic mass is 9.74. The first kappa shape index (κ1) is 16.3. The molecular weight excluding hydrogens is 258 g/mol. The minimum Gasteiger partial charge on any atom is -0.371 e. The predicted octanol–water partition coefficient (Wildman–Crippen LogP) is 3.99. The van der Waals surface area contributed by atoms with Crippen LogP contribution in [-0.2, 0) is 6.54 Å². The van der Waals surface area contributed by atoms with E-state index in [4.69, 9.17) is 0 Å². The van der Waals surface area contributed by atoms with E-state index in [1.54, 1.807) is 0 Å². The number of rotatable bonds is 6. The van der Waals surface area contributed by atoms with Gasteiger partial charge in [-0.05, 0) is 24.3 Å². The molecule has 1 saturated heterocycles. The van der Waals surface area contributed by atoms with Crippen molar-refractivity contribution in [2.45, 2.75) is 66.0 Å². The Morgan fingerprint density at radius 3 is 2.48 bits per heavy atom. The molecule has 1 aliphatic heterocycles. The molecule has 1 aromatic heterocycles. The van der Waals surface area contributed by atoms with Crippen LogP contribution in [0.25, 0.3) is 0 Å². The van der Waals surface area contributed by atoms with Crippen LogP contribution in [-0.4, -0.2) is 24.1 Å². The van der Waals surface area contributed by atoms with Gasteiger partial charge >= 0.3 is 0 Å². The molecule has 1 aromatic rings. The second-order valence-corrected chi connectivity index (χ2v) is 6.73. The molecule has 1 aliphatic rings. The van der Waals surface area contributed by atoms with Gasteiger partial charge in [-0.3, -0.25) is 4.98 Å². The van der Waals surface area contributed by atoms with Gasteiger partial charge in [-0.15, -0.1) is 0 Å². The topological polar surface area (TPSA) is 28.2 Å². The zero-order chi connectivity index (χ0) is 15.3. The van der Waals surface area contributed by atoms with Crippen LogP contribution in [0, 0.1) is 5.41 Å². The first-order valence-electron chi connectivity index (χ1n) is 8.51. The lowest BCUT2D eigenvalue weighted by Crippen LogP contribution is -2.40. The van der Waals surface area contributed by atoms with Gasteiger partial charge in [-0.2, -0.15) is 0 Å². The molecule has 0 atom stereocenters. The summed E-state index contributed by atoms with van der Waals surface area (Å²) in [6, 6.07) is 2.69. The van der Waals surface area contributed by atoms with E-state index in [1.807, 2.05) is 12.4 Å². The van der Waals surface area contributed by atoms with E-state index in [0.29, 0.717) is 11.5 Å². The summed E-state index contributed by atoms with van der Waals surface area (Å²) in [7, 11) is 0. The number of hydrogen-bond acceptors (Lipinski definition) is 3. The molecule has 0 radical (unpaired) electrons. The molecule has 0 aromatic carbocycles. The molecule has 1 N–H and O–H groups in total. The largest absolute Gasteiger partial charge is 0.371 e. The third-order valence-electron chi connectivity index (χ3n) is 5.24. The van der Waals surface area contributed by atoms with Crippen molar-refractivity contribution < 1.29 is 0 Å². The predicted molar refractivity (Wildman–Crippen MR) is 90.7 cm³/mol. The van der Waals surface area contributed by atoms with Crippen LogP contribution in [0.5, 0.6) is 0 Å². The number of hydrogen-bond donors (Lipinski definition) is 1. The van der Waals surface area contributed by atoms with Gasteiger partial charge < -0.3 is 10.2 Å². The average Bonchev–Trinajstić information content (AvgIpc) is 2.53. The molecule has 2 rings (SSSR count). The second-order valence-electron chi connectivity index (χ2n) is 6.73. The SMILES string of the molecule is CCC1(CC)CCN(c2ccncc2CNC(C)C)CC1. The zero-order valence-corrected chi connectivity index (χ0v) is 14.2. The smallest absolute Gasteiger partial charge is 0.0442 e. The quantitative estimate of drug-likeness (QED) is 0.858. The number of nitrogens with one attached hydrogen (secondary N) is 1. The Bertz CT molecular complexity index is 428. The monoisotopic (exact) mass is 289 g/mol. The van der Waals surface area contributed by atoms with E-state index in [1.165, 1.54) is 50.0 Å². The molecule has 3 nitrogen and oxygen atoms in total. The van der Waals surface area contributed by atoms with Gasteiger partial charge in [0.2, 0.25) is 0 Å². The third-order valence-corrected chi connectivity index (χ3v) is 5.24. The number of nitrogens with zero attached hydrogens (tertiary/aromatic N) is 2. The van der Waals surface area contributed by atoms with Gasteiger partial charge in [0, 0.05) is 49.3 Å². The summed E-state index contributed by atoms with van der Waals surface area (Å²) in [5.41, 5.74) is 3.28. The molecule has 2 heterocycles. The Balaban J connectivity index is 2.06. The van der Waals surface area contributed by atoms with Crippen molar-refractivity contribution in [3.05, 3.63) is 24.0 Å². The number of aromatic nitrogens is 1. The standard InChI is InChI=1S/C18H31N3/c1-5-18(6-2)8-11-21(12-9-18)17-7-10-19-13-16(17)14-20-15(3)4/h7,10,13,15,20H,5-6,8-9,11-12,14H2,1-4H3. The van der Waals surface area contributed by atoms with Crippen molar-refractivity contribution in [2.24, 2.45) is 5.41 Å². The number of anilines is 1. The average molecular weight is 289 g/mol. The van der Waals surface area contributed by atoms with Gasteiger partial charge in [0.15, 0.2) is 0 Å². The van der Waals surface area contributed by atoms with Gasteiger partial charge in [0.1, 0.15) is 0 Å². The molecule has 0 saturated carbocycles. The number of piperidine rings is 1. The Labute approximate surface area is 130 Å². The summed E-state index contributed by atoms with van der Waals surface area (Å²) in [5.74, 6) is 0. The highest BCUT2D eigenvalue weighted by atomic mass is 15.1. The van der Waals surface area contributed by atoms with E-state index in [-0.39, 0.29) is 0 Å². The summed E-state index contributed by atoms with van der Waals surface area (Å²) in [6.45, 7) is 12.3. The Kier molecular flexibility index (Phi) is 5.63. The normalized spacial score (nSPS) is 18.2. The molecule has 0 unspecified atom stereocenters. The third kappa shape index (κ3) is 3.97. The minimum atomic E-state index is 0.507. The maximum absolute atomic E-state index is 4.31. The summed E-state index contributed by atoms with van der Waals surface area (Å²) in [6.07, 6.45) is 9.21. The Morgan fingerprint density at radius 1 is 1.24 bits per heavy atom. The van der Waals surface area contributed by atoms with Gasteiger partial charge in [-0.25, -0.2) is 0 Å². The fraction of sp³-hybridized carbons (Fsp3) is 0.722. The van der Waals surface area contributed by atoms with Crippen LogP contribution < -0.4 is 10.2 Å². The second kappa shape index (κ2) is 7.26. The van der Waals surface area contributed by atoms with Crippen LogP contribution >= 0.6 is 0 Å². The van der Waals surface area contributed by atoms with Crippen LogP contribution in [0.1, 0.15) is 58.9 Å². The van der Waals surface area contributed by atoms with Crippen molar-refractivity contribution in [1.82, 2.24) is 10.3 Å². The molecule has 118 valence electrons. The molecule has 0 aliphatic carbocycles. The van der Waals surface area contributed by atoms with E-state index in [2.05, 4.69) is 49.0 Å². The molecule has 1 fully saturated rings. The summed E-state index contributed by atoms with van der Waals surface area (Å²) in [5, 5.41) is 3.51. The van der Waals surface area contributed by atoms with Gasteiger partial charge in [-0.1, -0.05) is 40.5 Å². The van der Waals surface area contributed by atoms with Crippen LogP contribution in [0.2, 0.25) is 0 Å². The fourth-order valence-electron chi connectivity index (χ4n) is 3.36. The van der Waals surface area contributed by atoms with Crippen molar-refractivity contribution in [3.8, 4) is 0 Å². The fourth-order valence-corrected chi connectivity index (χ4v) is 3.36. The van der Waals surface area contributed by atoms with E-state index in [0.717, 1.165) is 6.54 Å². The summed E-state index contributed by atoms with van der Waals surface area (Å²) < 4.78 is 0. The van der Waals surface area contributed by atoms with Crippen molar-refractivity contribution in [1.29, 1.82) is 0 Å². The van der Waals surface area contributed by atoms with Crippen molar-refractivity contribution >= 4 is 5.69 Å². The van der Waals surface area contributed by atoms with Crippen LogP contribution in [0.4, 0.5) is 5.69 Å². The molecule has 0 amide bonds. The zero-order valence-electron chi connectivity index (χ0n) is 14.2.